The molecular weight excluding hydrogens is 356 g/mol. The van der Waals surface area contributed by atoms with Crippen molar-refractivity contribution in [2.75, 3.05) is 39.3 Å². The fourth-order valence-corrected chi connectivity index (χ4v) is 4.07. The van der Waals surface area contributed by atoms with Gasteiger partial charge in [0.05, 0.1) is 0 Å². The van der Waals surface area contributed by atoms with Gasteiger partial charge in [-0.3, -0.25) is 19.6 Å². The monoisotopic (exact) mass is 384 g/mol. The number of carbonyl (C=O) groups excluding carboxylic acids is 1. The van der Waals surface area contributed by atoms with Gasteiger partial charge in [-0.2, -0.15) is 0 Å². The van der Waals surface area contributed by atoms with E-state index in [1.807, 2.05) is 24.2 Å². The molecular formula is C20H28N6O2. The Labute approximate surface area is 165 Å². The number of amides is 1. The molecule has 0 saturated carbocycles. The van der Waals surface area contributed by atoms with Gasteiger partial charge in [-0.25, -0.2) is 4.63 Å². The molecule has 8 nitrogen and oxygen atoms in total. The molecule has 1 amide bonds. The molecule has 0 aliphatic carbocycles. The number of hydrogen-bond donors (Lipinski definition) is 0. The van der Waals surface area contributed by atoms with Crippen molar-refractivity contribution in [2.45, 2.75) is 32.9 Å². The highest BCUT2D eigenvalue weighted by Gasteiger charge is 2.30. The Morgan fingerprint density at radius 3 is 2.32 bits per heavy atom. The number of piperidine rings is 1. The highest BCUT2D eigenvalue weighted by Crippen LogP contribution is 2.22. The van der Waals surface area contributed by atoms with Gasteiger partial charge in [-0.05, 0) is 50.6 Å². The highest BCUT2D eigenvalue weighted by atomic mass is 16.6. The van der Waals surface area contributed by atoms with Crippen molar-refractivity contribution in [1.82, 2.24) is 30.0 Å². The van der Waals surface area contributed by atoms with Crippen LogP contribution in [0.25, 0.3) is 0 Å². The topological polar surface area (TPSA) is 78.6 Å². The summed E-state index contributed by atoms with van der Waals surface area (Å²) in [7, 11) is 0. The molecule has 0 N–H and O–H groups in total. The molecule has 2 aromatic heterocycles. The van der Waals surface area contributed by atoms with Gasteiger partial charge in [-0.15, -0.1) is 0 Å². The lowest BCUT2D eigenvalue weighted by molar-refractivity contribution is -0.139. The Balaban J connectivity index is 1.21. The zero-order valence-electron chi connectivity index (χ0n) is 16.5. The van der Waals surface area contributed by atoms with Crippen molar-refractivity contribution in [2.24, 2.45) is 5.92 Å². The molecule has 0 spiro atoms. The molecule has 2 fully saturated rings. The van der Waals surface area contributed by atoms with Crippen molar-refractivity contribution in [3.8, 4) is 0 Å². The van der Waals surface area contributed by atoms with Crippen LogP contribution in [-0.4, -0.2) is 75.2 Å². The molecule has 0 radical (unpaired) electrons. The van der Waals surface area contributed by atoms with Crippen molar-refractivity contribution >= 4 is 5.91 Å². The molecule has 0 bridgehead atoms. The van der Waals surface area contributed by atoms with E-state index in [1.165, 1.54) is 5.56 Å². The first-order chi connectivity index (χ1) is 13.7. The van der Waals surface area contributed by atoms with Crippen LogP contribution in [0.1, 0.15) is 29.8 Å². The van der Waals surface area contributed by atoms with E-state index in [4.69, 9.17) is 4.63 Å². The number of nitrogens with zero attached hydrogens (tertiary/aromatic N) is 6. The minimum absolute atomic E-state index is 0.169. The third-order valence-corrected chi connectivity index (χ3v) is 5.90. The zero-order chi connectivity index (χ0) is 19.3. The lowest BCUT2D eigenvalue weighted by Gasteiger charge is -2.38. The summed E-state index contributed by atoms with van der Waals surface area (Å²) in [5.41, 5.74) is 3.02. The number of likely N-dealkylation sites (tertiary alicyclic amines) is 1. The van der Waals surface area contributed by atoms with Gasteiger partial charge in [0.15, 0.2) is 0 Å². The van der Waals surface area contributed by atoms with Crippen molar-refractivity contribution in [1.29, 1.82) is 0 Å². The van der Waals surface area contributed by atoms with Crippen LogP contribution >= 0.6 is 0 Å². The van der Waals surface area contributed by atoms with Gasteiger partial charge >= 0.3 is 0 Å². The maximum Gasteiger partial charge on any atom is 0.225 e. The second-order valence-electron chi connectivity index (χ2n) is 7.80. The maximum atomic E-state index is 12.9. The predicted molar refractivity (Wildman–Crippen MR) is 103 cm³/mol. The molecule has 2 aromatic rings. The summed E-state index contributed by atoms with van der Waals surface area (Å²) in [5, 5.41) is 7.79. The summed E-state index contributed by atoms with van der Waals surface area (Å²) in [4.78, 5) is 23.8. The van der Waals surface area contributed by atoms with Gasteiger partial charge in [0.1, 0.15) is 11.4 Å². The van der Waals surface area contributed by atoms with Crippen LogP contribution in [0.3, 0.4) is 0 Å². The average Bonchev–Trinajstić information content (AvgIpc) is 3.14. The van der Waals surface area contributed by atoms with Crippen LogP contribution < -0.4 is 0 Å². The standard InChI is InChI=1S/C20H28N6O2/c1-16-19(23-28-22-16)15-25-10-12-26(13-11-25)20(27)18-4-8-24(9-5-18)14-17-2-6-21-7-3-17/h2-3,6-7,18H,4-5,8-15H2,1H3. The van der Waals surface area contributed by atoms with Crippen molar-refractivity contribution < 1.29 is 9.42 Å². The average molecular weight is 384 g/mol. The van der Waals surface area contributed by atoms with E-state index in [0.29, 0.717) is 5.91 Å². The molecule has 150 valence electrons. The molecule has 4 rings (SSSR count). The van der Waals surface area contributed by atoms with Gasteiger partial charge in [0.25, 0.3) is 0 Å². The molecule has 0 atom stereocenters. The van der Waals surface area contributed by atoms with Crippen LogP contribution in [0.4, 0.5) is 0 Å². The number of aryl methyl sites for hydroxylation is 1. The SMILES string of the molecule is Cc1nonc1CN1CCN(C(=O)C2CCN(Cc3ccncc3)CC2)CC1. The quantitative estimate of drug-likeness (QED) is 0.769. The number of piperazine rings is 1. The van der Waals surface area contributed by atoms with E-state index in [2.05, 4.69) is 37.2 Å². The van der Waals surface area contributed by atoms with Crippen LogP contribution in [-0.2, 0) is 17.9 Å². The summed E-state index contributed by atoms with van der Waals surface area (Å²) < 4.78 is 4.77. The second kappa shape index (κ2) is 8.79. The zero-order valence-corrected chi connectivity index (χ0v) is 16.5. The summed E-state index contributed by atoms with van der Waals surface area (Å²) >= 11 is 0. The van der Waals surface area contributed by atoms with Crippen molar-refractivity contribution in [3.63, 3.8) is 0 Å². The van der Waals surface area contributed by atoms with Gasteiger partial charge in [0, 0.05) is 57.6 Å². The molecule has 4 heterocycles. The predicted octanol–water partition coefficient (Wildman–Crippen LogP) is 1.33. The van der Waals surface area contributed by atoms with E-state index in [-0.39, 0.29) is 5.92 Å². The Morgan fingerprint density at radius 2 is 1.68 bits per heavy atom. The third kappa shape index (κ3) is 4.56. The van der Waals surface area contributed by atoms with Crippen LogP contribution in [0, 0.1) is 12.8 Å². The Bertz CT molecular complexity index is 764. The molecule has 2 aliphatic rings. The summed E-state index contributed by atoms with van der Waals surface area (Å²) in [6.45, 7) is 8.89. The number of hydrogen-bond acceptors (Lipinski definition) is 7. The second-order valence-corrected chi connectivity index (χ2v) is 7.80. The molecule has 8 heteroatoms. The van der Waals surface area contributed by atoms with Crippen LogP contribution in [0.2, 0.25) is 0 Å². The van der Waals surface area contributed by atoms with Gasteiger partial charge in [-0.1, -0.05) is 10.3 Å². The van der Waals surface area contributed by atoms with Crippen molar-refractivity contribution in [3.05, 3.63) is 41.5 Å². The van der Waals surface area contributed by atoms with E-state index in [0.717, 1.165) is 76.6 Å². The smallest absolute Gasteiger partial charge is 0.225 e. The largest absolute Gasteiger partial charge is 0.340 e. The molecule has 28 heavy (non-hydrogen) atoms. The van der Waals surface area contributed by atoms with E-state index < -0.39 is 0 Å². The first-order valence-electron chi connectivity index (χ1n) is 10.1. The Morgan fingerprint density at radius 1 is 1.00 bits per heavy atom. The fourth-order valence-electron chi connectivity index (χ4n) is 4.07. The lowest BCUT2D eigenvalue weighted by Crippen LogP contribution is -2.51. The number of rotatable bonds is 5. The minimum atomic E-state index is 0.169. The first kappa shape index (κ1) is 19.0. The molecule has 0 unspecified atom stereocenters. The Hall–Kier alpha value is -2.32. The maximum absolute atomic E-state index is 12.9. The summed E-state index contributed by atoms with van der Waals surface area (Å²) in [6, 6.07) is 4.13. The lowest BCUT2D eigenvalue weighted by atomic mass is 9.94. The highest BCUT2D eigenvalue weighted by molar-refractivity contribution is 5.79. The van der Waals surface area contributed by atoms with Gasteiger partial charge < -0.3 is 4.90 Å². The Kier molecular flexibility index (Phi) is 5.97. The molecule has 2 aliphatic heterocycles. The normalized spacial score (nSPS) is 19.8. The molecule has 2 saturated heterocycles. The van der Waals surface area contributed by atoms with Crippen LogP contribution in [0.5, 0.6) is 0 Å². The van der Waals surface area contributed by atoms with E-state index >= 15 is 0 Å². The first-order valence-corrected chi connectivity index (χ1v) is 10.1. The van der Waals surface area contributed by atoms with Crippen LogP contribution in [0.15, 0.2) is 29.2 Å². The minimum Gasteiger partial charge on any atom is -0.340 e. The summed E-state index contributed by atoms with van der Waals surface area (Å²) in [6.07, 6.45) is 5.58. The number of aromatic nitrogens is 3. The number of pyridine rings is 1. The third-order valence-electron chi connectivity index (χ3n) is 5.90. The number of carbonyl (C=O) groups is 1. The van der Waals surface area contributed by atoms with E-state index in [1.54, 1.807) is 0 Å². The fraction of sp³-hybridized carbons (Fsp3) is 0.600. The summed E-state index contributed by atoms with van der Waals surface area (Å²) in [5.74, 6) is 0.504. The van der Waals surface area contributed by atoms with Gasteiger partial charge in [0.2, 0.25) is 5.91 Å². The molecule has 0 aromatic carbocycles. The van der Waals surface area contributed by atoms with E-state index in [9.17, 15) is 4.79 Å².